The molecule has 1 rings (SSSR count). The van der Waals surface area contributed by atoms with Crippen LogP contribution >= 0.6 is 0 Å². The third-order valence-electron chi connectivity index (χ3n) is 11.2. The molecular formula is C47H90O9. The van der Waals surface area contributed by atoms with Crippen LogP contribution in [0.5, 0.6) is 0 Å². The SMILES string of the molecule is CCCC/C=C\CCCCCCCC(=O)OC(COCCCCCCCCCCCCCCCCCCCCCCCC)COC1OC(CO)C(O)C(O)C1O. The summed E-state index contributed by atoms with van der Waals surface area (Å²) in [5, 5.41) is 40.1. The first kappa shape index (κ1) is 52.9. The number of unbranched alkanes of at least 4 members (excludes halogenated alkanes) is 28. The highest BCUT2D eigenvalue weighted by molar-refractivity contribution is 5.69. The molecule has 0 aromatic heterocycles. The number of esters is 1. The average Bonchev–Trinajstić information content (AvgIpc) is 3.20. The van der Waals surface area contributed by atoms with Gasteiger partial charge in [-0.25, -0.2) is 0 Å². The molecule has 1 aliphatic heterocycles. The maximum atomic E-state index is 12.7. The van der Waals surface area contributed by atoms with Gasteiger partial charge in [-0.15, -0.1) is 0 Å². The fraction of sp³-hybridized carbons (Fsp3) is 0.936. The van der Waals surface area contributed by atoms with Gasteiger partial charge in [0.05, 0.1) is 19.8 Å². The second kappa shape index (κ2) is 39.4. The Bertz CT molecular complexity index is 869. The normalized spacial score (nSPS) is 20.6. The van der Waals surface area contributed by atoms with Crippen LogP contribution in [-0.4, -0.2) is 89.6 Å². The minimum atomic E-state index is -1.53. The fourth-order valence-electron chi connectivity index (χ4n) is 7.42. The molecule has 0 bridgehead atoms. The Hall–Kier alpha value is -1.07. The summed E-state index contributed by atoms with van der Waals surface area (Å²) in [6.07, 6.45) is 36.8. The molecule has 0 saturated carbocycles. The molecule has 0 radical (unpaired) electrons. The van der Waals surface area contributed by atoms with Crippen LogP contribution in [0.2, 0.25) is 0 Å². The summed E-state index contributed by atoms with van der Waals surface area (Å²) >= 11 is 0. The Balaban J connectivity index is 2.17. The van der Waals surface area contributed by atoms with Crippen molar-refractivity contribution in [2.45, 2.75) is 256 Å². The standard InChI is InChI=1S/C47H90O9/c1-3-5-7-9-11-13-15-16-17-18-19-20-21-22-23-24-25-27-29-31-33-35-37-53-39-41(40-54-47-46(52)45(51)44(50)42(38-48)56-47)55-43(49)36-34-32-30-28-26-14-12-10-8-6-4-2/h10,12,41-42,44-48,50-52H,3-9,11,13-40H2,1-2H3/b12-10-. The smallest absolute Gasteiger partial charge is 0.306 e. The molecule has 9 heteroatoms. The summed E-state index contributed by atoms with van der Waals surface area (Å²) < 4.78 is 22.8. The monoisotopic (exact) mass is 799 g/mol. The molecular weight excluding hydrogens is 709 g/mol. The van der Waals surface area contributed by atoms with Crippen molar-refractivity contribution >= 4 is 5.97 Å². The largest absolute Gasteiger partial charge is 0.457 e. The van der Waals surface area contributed by atoms with Gasteiger partial charge in [0.2, 0.25) is 0 Å². The van der Waals surface area contributed by atoms with E-state index in [-0.39, 0.29) is 19.2 Å². The van der Waals surface area contributed by atoms with Crippen LogP contribution in [0.1, 0.15) is 219 Å². The summed E-state index contributed by atoms with van der Waals surface area (Å²) in [5.74, 6) is -0.320. The third kappa shape index (κ3) is 30.0. The second-order valence-corrected chi connectivity index (χ2v) is 16.6. The zero-order valence-electron chi connectivity index (χ0n) is 36.4. The van der Waals surface area contributed by atoms with Crippen molar-refractivity contribution in [3.8, 4) is 0 Å². The van der Waals surface area contributed by atoms with Crippen molar-refractivity contribution in [3.05, 3.63) is 12.2 Å². The van der Waals surface area contributed by atoms with Crippen molar-refractivity contribution in [3.63, 3.8) is 0 Å². The molecule has 1 aliphatic rings. The first-order valence-corrected chi connectivity index (χ1v) is 23.8. The first-order chi connectivity index (χ1) is 27.4. The highest BCUT2D eigenvalue weighted by Crippen LogP contribution is 2.23. The number of ether oxygens (including phenoxy) is 4. The second-order valence-electron chi connectivity index (χ2n) is 16.6. The number of hydrogen-bond acceptors (Lipinski definition) is 9. The fourth-order valence-corrected chi connectivity index (χ4v) is 7.42. The van der Waals surface area contributed by atoms with Gasteiger partial charge in [0.1, 0.15) is 30.5 Å². The van der Waals surface area contributed by atoms with Crippen LogP contribution in [0.3, 0.4) is 0 Å². The molecule has 9 nitrogen and oxygen atoms in total. The third-order valence-corrected chi connectivity index (χ3v) is 11.2. The van der Waals surface area contributed by atoms with E-state index >= 15 is 0 Å². The molecule has 332 valence electrons. The quantitative estimate of drug-likeness (QED) is 0.0271. The summed E-state index contributed by atoms with van der Waals surface area (Å²) in [4.78, 5) is 12.7. The van der Waals surface area contributed by atoms with Gasteiger partial charge >= 0.3 is 5.97 Å². The lowest BCUT2D eigenvalue weighted by molar-refractivity contribution is -0.305. The molecule has 0 aromatic carbocycles. The first-order valence-electron chi connectivity index (χ1n) is 23.8. The summed E-state index contributed by atoms with van der Waals surface area (Å²) in [5.41, 5.74) is 0. The minimum Gasteiger partial charge on any atom is -0.457 e. The van der Waals surface area contributed by atoms with Crippen molar-refractivity contribution in [2.24, 2.45) is 0 Å². The minimum absolute atomic E-state index is 0.112. The van der Waals surface area contributed by atoms with Gasteiger partial charge in [0.25, 0.3) is 0 Å². The number of hydrogen-bond donors (Lipinski definition) is 4. The van der Waals surface area contributed by atoms with Gasteiger partial charge in [-0.3, -0.25) is 4.79 Å². The van der Waals surface area contributed by atoms with Gasteiger partial charge in [0.15, 0.2) is 6.29 Å². The summed E-state index contributed by atoms with van der Waals surface area (Å²) in [6, 6.07) is 0. The van der Waals surface area contributed by atoms with E-state index < -0.39 is 43.4 Å². The topological polar surface area (TPSA) is 135 Å². The molecule has 1 saturated heterocycles. The molecule has 1 fully saturated rings. The van der Waals surface area contributed by atoms with Crippen LogP contribution in [-0.2, 0) is 23.7 Å². The zero-order chi connectivity index (χ0) is 40.7. The van der Waals surface area contributed by atoms with E-state index in [1.807, 2.05) is 0 Å². The average molecular weight is 799 g/mol. The Kier molecular flexibility index (Phi) is 37.2. The maximum absolute atomic E-state index is 12.7. The molecule has 0 spiro atoms. The van der Waals surface area contributed by atoms with Crippen LogP contribution in [0, 0.1) is 0 Å². The molecule has 0 amide bonds. The molecule has 4 N–H and O–H groups in total. The highest BCUT2D eigenvalue weighted by atomic mass is 16.7. The number of rotatable bonds is 41. The van der Waals surface area contributed by atoms with Gasteiger partial charge in [-0.1, -0.05) is 193 Å². The lowest BCUT2D eigenvalue weighted by Gasteiger charge is -2.39. The van der Waals surface area contributed by atoms with Crippen molar-refractivity contribution < 1.29 is 44.2 Å². The molecule has 56 heavy (non-hydrogen) atoms. The van der Waals surface area contributed by atoms with E-state index in [2.05, 4.69) is 26.0 Å². The van der Waals surface area contributed by atoms with E-state index in [0.29, 0.717) is 13.0 Å². The predicted molar refractivity (Wildman–Crippen MR) is 229 cm³/mol. The highest BCUT2D eigenvalue weighted by Gasteiger charge is 2.44. The number of aliphatic hydroxyl groups excluding tert-OH is 4. The van der Waals surface area contributed by atoms with Gasteiger partial charge < -0.3 is 39.4 Å². The molecule has 0 aliphatic carbocycles. The van der Waals surface area contributed by atoms with Gasteiger partial charge in [-0.05, 0) is 32.1 Å². The predicted octanol–water partition coefficient (Wildman–Crippen LogP) is 10.8. The van der Waals surface area contributed by atoms with Crippen molar-refractivity contribution in [1.82, 2.24) is 0 Å². The molecule has 0 aromatic rings. The van der Waals surface area contributed by atoms with Gasteiger partial charge in [-0.2, -0.15) is 0 Å². The van der Waals surface area contributed by atoms with Crippen LogP contribution < -0.4 is 0 Å². The van der Waals surface area contributed by atoms with E-state index in [0.717, 1.165) is 51.4 Å². The Morgan fingerprint density at radius 3 is 1.50 bits per heavy atom. The van der Waals surface area contributed by atoms with E-state index in [9.17, 15) is 25.2 Å². The number of aliphatic hydroxyl groups is 4. The van der Waals surface area contributed by atoms with E-state index in [4.69, 9.17) is 18.9 Å². The number of carbonyl (C=O) groups excluding carboxylic acids is 1. The Labute approximate surface area is 344 Å². The van der Waals surface area contributed by atoms with Crippen LogP contribution in [0.15, 0.2) is 12.2 Å². The molecule has 1 heterocycles. The summed E-state index contributed by atoms with van der Waals surface area (Å²) in [7, 11) is 0. The lowest BCUT2D eigenvalue weighted by atomic mass is 9.99. The lowest BCUT2D eigenvalue weighted by Crippen LogP contribution is -2.59. The molecule has 6 atom stereocenters. The van der Waals surface area contributed by atoms with Crippen molar-refractivity contribution in [1.29, 1.82) is 0 Å². The summed E-state index contributed by atoms with van der Waals surface area (Å²) in [6.45, 7) is 4.55. The van der Waals surface area contributed by atoms with Crippen LogP contribution in [0.4, 0.5) is 0 Å². The van der Waals surface area contributed by atoms with Crippen LogP contribution in [0.25, 0.3) is 0 Å². The zero-order valence-corrected chi connectivity index (χ0v) is 36.4. The Morgan fingerprint density at radius 1 is 0.554 bits per heavy atom. The van der Waals surface area contributed by atoms with Gasteiger partial charge in [0, 0.05) is 13.0 Å². The van der Waals surface area contributed by atoms with E-state index in [1.165, 1.54) is 148 Å². The Morgan fingerprint density at radius 2 is 1.00 bits per heavy atom. The number of carbonyl (C=O) groups is 1. The van der Waals surface area contributed by atoms with Crippen molar-refractivity contribution in [2.75, 3.05) is 26.4 Å². The maximum Gasteiger partial charge on any atom is 0.306 e. The molecule has 6 unspecified atom stereocenters. The number of allylic oxidation sites excluding steroid dienone is 2. The van der Waals surface area contributed by atoms with E-state index in [1.54, 1.807) is 0 Å².